The number of amides is 2. The Morgan fingerprint density at radius 2 is 1.55 bits per heavy atom. The summed E-state index contributed by atoms with van der Waals surface area (Å²) in [5, 5.41) is 2.94. The molecule has 0 bridgehead atoms. The van der Waals surface area contributed by atoms with Crippen molar-refractivity contribution in [3.8, 4) is 0 Å². The van der Waals surface area contributed by atoms with E-state index in [0.717, 1.165) is 11.1 Å². The Hall–Kier alpha value is -2.69. The van der Waals surface area contributed by atoms with Gasteiger partial charge in [-0.2, -0.15) is 0 Å². The van der Waals surface area contributed by atoms with E-state index in [1.165, 1.54) is 17.7 Å². The molecule has 156 valence electrons. The van der Waals surface area contributed by atoms with Gasteiger partial charge in [0.2, 0.25) is 11.8 Å². The summed E-state index contributed by atoms with van der Waals surface area (Å²) in [7, 11) is 0. The van der Waals surface area contributed by atoms with Crippen molar-refractivity contribution in [1.29, 1.82) is 0 Å². The fourth-order valence-corrected chi connectivity index (χ4v) is 2.99. The lowest BCUT2D eigenvalue weighted by molar-refractivity contribution is -0.141. The molecule has 2 amide bonds. The van der Waals surface area contributed by atoms with Crippen molar-refractivity contribution in [3.05, 3.63) is 71.0 Å². The van der Waals surface area contributed by atoms with Gasteiger partial charge in [0.15, 0.2) is 0 Å². The molecule has 0 radical (unpaired) electrons. The SMILES string of the molecule is Cc1ccc(CCC(=O)N(Cc2ccc(F)cc2)[C@@H](C)C(=O)NC(C)(C)C)cc1. The first-order valence-electron chi connectivity index (χ1n) is 9.96. The summed E-state index contributed by atoms with van der Waals surface area (Å²) in [6, 6.07) is 13.5. The van der Waals surface area contributed by atoms with Crippen molar-refractivity contribution in [2.75, 3.05) is 0 Å². The molecule has 0 aromatic heterocycles. The molecule has 0 fully saturated rings. The van der Waals surface area contributed by atoms with Crippen LogP contribution in [0.3, 0.4) is 0 Å². The predicted octanol–water partition coefficient (Wildman–Crippen LogP) is 4.40. The van der Waals surface area contributed by atoms with Crippen LogP contribution in [0.15, 0.2) is 48.5 Å². The van der Waals surface area contributed by atoms with E-state index in [9.17, 15) is 14.0 Å². The standard InChI is InChI=1S/C24H31FN2O2/c1-17-6-8-19(9-7-17)12-15-22(28)27(16-20-10-13-21(25)14-11-20)18(2)23(29)26-24(3,4)5/h6-11,13-14,18H,12,15-16H2,1-5H3,(H,26,29)/t18-/m0/s1. The monoisotopic (exact) mass is 398 g/mol. The van der Waals surface area contributed by atoms with Gasteiger partial charge in [0.1, 0.15) is 11.9 Å². The Kier molecular flexibility index (Phi) is 7.54. The van der Waals surface area contributed by atoms with Crippen molar-refractivity contribution < 1.29 is 14.0 Å². The number of aryl methyl sites for hydroxylation is 2. The number of carbonyl (C=O) groups is 2. The quantitative estimate of drug-likeness (QED) is 0.752. The van der Waals surface area contributed by atoms with E-state index in [2.05, 4.69) is 5.32 Å². The summed E-state index contributed by atoms with van der Waals surface area (Å²) in [6.07, 6.45) is 0.907. The zero-order valence-electron chi connectivity index (χ0n) is 18.0. The van der Waals surface area contributed by atoms with Crippen LogP contribution in [0.2, 0.25) is 0 Å². The molecule has 1 atom stereocenters. The van der Waals surface area contributed by atoms with Crippen LogP contribution in [0.25, 0.3) is 0 Å². The molecular formula is C24H31FN2O2. The minimum absolute atomic E-state index is 0.105. The molecule has 0 saturated carbocycles. The van der Waals surface area contributed by atoms with E-state index < -0.39 is 11.6 Å². The molecular weight excluding hydrogens is 367 g/mol. The van der Waals surface area contributed by atoms with Crippen LogP contribution in [0.4, 0.5) is 4.39 Å². The van der Waals surface area contributed by atoms with Gasteiger partial charge in [-0.05, 0) is 64.3 Å². The smallest absolute Gasteiger partial charge is 0.242 e. The molecule has 0 aliphatic rings. The summed E-state index contributed by atoms with van der Waals surface area (Å²) >= 11 is 0. The highest BCUT2D eigenvalue weighted by molar-refractivity contribution is 5.87. The number of nitrogens with zero attached hydrogens (tertiary/aromatic N) is 1. The van der Waals surface area contributed by atoms with Crippen LogP contribution >= 0.6 is 0 Å². The molecule has 1 N–H and O–H groups in total. The van der Waals surface area contributed by atoms with Crippen LogP contribution in [-0.4, -0.2) is 28.3 Å². The van der Waals surface area contributed by atoms with Gasteiger partial charge in [0.25, 0.3) is 0 Å². The molecule has 0 aliphatic carbocycles. The molecule has 2 aromatic carbocycles. The normalized spacial score (nSPS) is 12.3. The minimum atomic E-state index is -0.634. The maximum Gasteiger partial charge on any atom is 0.242 e. The van der Waals surface area contributed by atoms with Crippen molar-refractivity contribution in [3.63, 3.8) is 0 Å². The molecule has 0 unspecified atom stereocenters. The van der Waals surface area contributed by atoms with Crippen molar-refractivity contribution in [2.24, 2.45) is 0 Å². The zero-order valence-corrected chi connectivity index (χ0v) is 18.0. The first-order chi connectivity index (χ1) is 13.5. The zero-order chi connectivity index (χ0) is 21.6. The highest BCUT2D eigenvalue weighted by atomic mass is 19.1. The molecule has 0 aliphatic heterocycles. The number of hydrogen-bond donors (Lipinski definition) is 1. The third kappa shape index (κ3) is 7.33. The van der Waals surface area contributed by atoms with E-state index in [1.807, 2.05) is 52.0 Å². The largest absolute Gasteiger partial charge is 0.350 e. The summed E-state index contributed by atoms with van der Waals surface area (Å²) in [6.45, 7) is 9.72. The average Bonchev–Trinajstić information content (AvgIpc) is 2.65. The van der Waals surface area contributed by atoms with Gasteiger partial charge in [0.05, 0.1) is 0 Å². The van der Waals surface area contributed by atoms with Gasteiger partial charge < -0.3 is 10.2 Å². The van der Waals surface area contributed by atoms with Crippen LogP contribution < -0.4 is 5.32 Å². The first-order valence-corrected chi connectivity index (χ1v) is 9.96. The second kappa shape index (κ2) is 9.68. The fraction of sp³-hybridized carbons (Fsp3) is 0.417. The van der Waals surface area contributed by atoms with E-state index in [-0.39, 0.29) is 24.2 Å². The maximum absolute atomic E-state index is 13.2. The predicted molar refractivity (Wildman–Crippen MR) is 114 cm³/mol. The number of rotatable bonds is 7. The lowest BCUT2D eigenvalue weighted by atomic mass is 10.1. The third-order valence-corrected chi connectivity index (χ3v) is 4.68. The molecule has 4 nitrogen and oxygen atoms in total. The highest BCUT2D eigenvalue weighted by Crippen LogP contribution is 2.15. The topological polar surface area (TPSA) is 49.4 Å². The van der Waals surface area contributed by atoms with Gasteiger partial charge >= 0.3 is 0 Å². The lowest BCUT2D eigenvalue weighted by Crippen LogP contribution is -2.52. The van der Waals surface area contributed by atoms with E-state index in [1.54, 1.807) is 24.0 Å². The number of hydrogen-bond acceptors (Lipinski definition) is 2. The van der Waals surface area contributed by atoms with Gasteiger partial charge in [0, 0.05) is 18.5 Å². The van der Waals surface area contributed by atoms with Gasteiger partial charge in [-0.15, -0.1) is 0 Å². The van der Waals surface area contributed by atoms with E-state index in [4.69, 9.17) is 0 Å². The summed E-state index contributed by atoms with van der Waals surface area (Å²) < 4.78 is 13.2. The Morgan fingerprint density at radius 1 is 1.00 bits per heavy atom. The molecule has 0 spiro atoms. The molecule has 29 heavy (non-hydrogen) atoms. The average molecular weight is 399 g/mol. The van der Waals surface area contributed by atoms with Gasteiger partial charge in [-0.3, -0.25) is 9.59 Å². The van der Waals surface area contributed by atoms with Gasteiger partial charge in [-0.1, -0.05) is 42.0 Å². The fourth-order valence-electron chi connectivity index (χ4n) is 2.99. The van der Waals surface area contributed by atoms with Crippen molar-refractivity contribution in [2.45, 2.75) is 65.6 Å². The Balaban J connectivity index is 2.15. The number of halogens is 1. The second-order valence-electron chi connectivity index (χ2n) is 8.55. The third-order valence-electron chi connectivity index (χ3n) is 4.68. The summed E-state index contributed by atoms with van der Waals surface area (Å²) in [4.78, 5) is 27.3. The van der Waals surface area contributed by atoms with E-state index in [0.29, 0.717) is 12.8 Å². The van der Waals surface area contributed by atoms with Crippen LogP contribution in [0, 0.1) is 12.7 Å². The Bertz CT molecular complexity index is 823. The number of carbonyl (C=O) groups excluding carboxylic acids is 2. The minimum Gasteiger partial charge on any atom is -0.350 e. The second-order valence-corrected chi connectivity index (χ2v) is 8.55. The number of benzene rings is 2. The summed E-state index contributed by atoms with van der Waals surface area (Å²) in [5.74, 6) is -0.640. The van der Waals surface area contributed by atoms with Crippen LogP contribution in [-0.2, 0) is 22.6 Å². The molecule has 0 heterocycles. The number of nitrogens with one attached hydrogen (secondary N) is 1. The van der Waals surface area contributed by atoms with Crippen molar-refractivity contribution >= 4 is 11.8 Å². The molecule has 0 saturated heterocycles. The molecule has 5 heteroatoms. The summed E-state index contributed by atoms with van der Waals surface area (Å²) in [5.41, 5.74) is 2.64. The van der Waals surface area contributed by atoms with Crippen molar-refractivity contribution in [1.82, 2.24) is 10.2 Å². The van der Waals surface area contributed by atoms with E-state index >= 15 is 0 Å². The molecule has 2 rings (SSSR count). The Morgan fingerprint density at radius 3 is 2.10 bits per heavy atom. The highest BCUT2D eigenvalue weighted by Gasteiger charge is 2.28. The maximum atomic E-state index is 13.2. The molecule has 2 aromatic rings. The van der Waals surface area contributed by atoms with Gasteiger partial charge in [-0.25, -0.2) is 4.39 Å². The lowest BCUT2D eigenvalue weighted by Gasteiger charge is -2.31. The Labute approximate surface area is 173 Å². The first kappa shape index (κ1) is 22.6. The van der Waals surface area contributed by atoms with Crippen LogP contribution in [0.5, 0.6) is 0 Å². The van der Waals surface area contributed by atoms with Crippen LogP contribution in [0.1, 0.15) is 50.8 Å².